The lowest BCUT2D eigenvalue weighted by Gasteiger charge is -2.33. The van der Waals surface area contributed by atoms with Gasteiger partial charge in [-0.25, -0.2) is 14.7 Å². The van der Waals surface area contributed by atoms with Gasteiger partial charge in [0.25, 0.3) is 5.91 Å². The second kappa shape index (κ2) is 10.9. The Morgan fingerprint density at radius 3 is 2.47 bits per heavy atom. The number of amides is 4. The molecule has 36 heavy (non-hydrogen) atoms. The number of urea groups is 1. The number of primary amides is 2. The molecule has 3 heterocycles. The van der Waals surface area contributed by atoms with Gasteiger partial charge in [0.2, 0.25) is 5.91 Å². The van der Waals surface area contributed by atoms with Gasteiger partial charge in [0.05, 0.1) is 17.9 Å². The number of pyridine rings is 1. The number of rotatable bonds is 8. The second-order valence-corrected chi connectivity index (χ2v) is 9.82. The first-order chi connectivity index (χ1) is 17.3. The van der Waals surface area contributed by atoms with Gasteiger partial charge in [0.1, 0.15) is 15.5 Å². The summed E-state index contributed by atoms with van der Waals surface area (Å²) in [4.78, 5) is 45.5. The zero-order chi connectivity index (χ0) is 25.8. The van der Waals surface area contributed by atoms with Crippen molar-refractivity contribution in [2.45, 2.75) is 38.6 Å². The molecule has 11 heteroatoms. The summed E-state index contributed by atoms with van der Waals surface area (Å²) >= 11 is 1.24. The Kier molecular flexibility index (Phi) is 7.70. The van der Waals surface area contributed by atoms with E-state index in [1.54, 1.807) is 30.3 Å². The maximum Gasteiger partial charge on any atom is 0.326 e. The zero-order valence-corrected chi connectivity index (χ0v) is 21.0. The van der Waals surface area contributed by atoms with Crippen LogP contribution in [0.2, 0.25) is 0 Å². The minimum Gasteiger partial charge on any atom is -0.397 e. The number of carbonyl (C=O) groups excluding carboxylic acids is 3. The van der Waals surface area contributed by atoms with Crippen molar-refractivity contribution in [2.75, 3.05) is 35.2 Å². The molecule has 4 amide bonds. The minimum absolute atomic E-state index is 0.0116. The number of nitrogens with one attached hydrogen (secondary N) is 1. The number of benzene rings is 1. The molecule has 4 rings (SSSR count). The maximum atomic E-state index is 12.7. The Morgan fingerprint density at radius 1 is 1.17 bits per heavy atom. The Hall–Kier alpha value is -3.70. The smallest absolute Gasteiger partial charge is 0.326 e. The van der Waals surface area contributed by atoms with E-state index in [2.05, 4.69) is 23.2 Å². The fraction of sp³-hybridized carbons (Fsp3) is 0.360. The van der Waals surface area contributed by atoms with E-state index >= 15 is 0 Å². The highest BCUT2D eigenvalue weighted by Gasteiger charge is 2.26. The molecule has 1 saturated heterocycles. The van der Waals surface area contributed by atoms with Crippen LogP contribution in [-0.2, 0) is 11.2 Å². The summed E-state index contributed by atoms with van der Waals surface area (Å²) in [7, 11) is 0. The predicted molar refractivity (Wildman–Crippen MR) is 143 cm³/mol. The minimum atomic E-state index is -0.805. The van der Waals surface area contributed by atoms with Crippen molar-refractivity contribution in [3.05, 3.63) is 46.8 Å². The summed E-state index contributed by atoms with van der Waals surface area (Å²) in [5.74, 6) is -0.0853. The third kappa shape index (κ3) is 5.26. The number of nitrogens with two attached hydrogens (primary N) is 3. The number of hydrogen-bond donors (Lipinski definition) is 4. The standard InChI is InChI=1S/C25H31N7O3S/c1-2-6-15-13-18(30-24-20(15)21(26)22(36-24)23(27)34)31-11-9-16(10-12-31)29-14-19(33)32(25(28)35)17-7-4-3-5-8-17/h3-5,7-8,13,16,29H,2,6,9-12,14,26H2,1H3,(H2,27,34)(H2,28,35). The quantitative estimate of drug-likeness (QED) is 0.363. The number of imide groups is 1. The largest absolute Gasteiger partial charge is 0.397 e. The molecule has 10 nitrogen and oxygen atoms in total. The van der Waals surface area contributed by atoms with Gasteiger partial charge < -0.3 is 27.4 Å². The third-order valence-corrected chi connectivity index (χ3v) is 7.47. The molecule has 190 valence electrons. The lowest BCUT2D eigenvalue weighted by molar-refractivity contribution is -0.117. The van der Waals surface area contributed by atoms with Crippen LogP contribution in [0.25, 0.3) is 10.2 Å². The number of nitrogen functional groups attached to an aromatic ring is 1. The van der Waals surface area contributed by atoms with Crippen molar-refractivity contribution >= 4 is 56.6 Å². The van der Waals surface area contributed by atoms with E-state index in [0.717, 1.165) is 65.3 Å². The molecule has 3 aromatic rings. The number of fused-ring (bicyclic) bond motifs is 1. The Bertz CT molecular complexity index is 1270. The van der Waals surface area contributed by atoms with Crippen LogP contribution in [0, 0.1) is 0 Å². The first-order valence-electron chi connectivity index (χ1n) is 12.0. The van der Waals surface area contributed by atoms with Gasteiger partial charge in [-0.2, -0.15) is 0 Å². The fourth-order valence-corrected chi connectivity index (χ4v) is 5.58. The van der Waals surface area contributed by atoms with Gasteiger partial charge in [-0.15, -0.1) is 11.3 Å². The number of anilines is 3. The number of aromatic nitrogens is 1. The molecule has 2 aromatic heterocycles. The maximum absolute atomic E-state index is 12.7. The van der Waals surface area contributed by atoms with Crippen molar-refractivity contribution in [3.63, 3.8) is 0 Å². The highest BCUT2D eigenvalue weighted by Crippen LogP contribution is 2.37. The molecule has 1 fully saturated rings. The monoisotopic (exact) mass is 509 g/mol. The van der Waals surface area contributed by atoms with E-state index in [4.69, 9.17) is 22.2 Å². The van der Waals surface area contributed by atoms with E-state index in [-0.39, 0.29) is 12.6 Å². The normalized spacial score (nSPS) is 14.2. The molecule has 1 aliphatic rings. The van der Waals surface area contributed by atoms with E-state index < -0.39 is 17.8 Å². The first kappa shape index (κ1) is 25.4. The number of hydrogen-bond acceptors (Lipinski definition) is 8. The highest BCUT2D eigenvalue weighted by molar-refractivity contribution is 7.21. The third-order valence-electron chi connectivity index (χ3n) is 6.36. The fourth-order valence-electron chi connectivity index (χ4n) is 4.59. The first-order valence-corrected chi connectivity index (χ1v) is 12.8. The molecule has 0 aliphatic carbocycles. The number of piperidine rings is 1. The van der Waals surface area contributed by atoms with Crippen LogP contribution in [-0.4, -0.2) is 48.5 Å². The molecule has 0 unspecified atom stereocenters. The van der Waals surface area contributed by atoms with Crippen molar-refractivity contribution in [2.24, 2.45) is 11.5 Å². The van der Waals surface area contributed by atoms with Gasteiger partial charge in [-0.3, -0.25) is 9.59 Å². The van der Waals surface area contributed by atoms with Crippen LogP contribution in [0.3, 0.4) is 0 Å². The van der Waals surface area contributed by atoms with Gasteiger partial charge in [-0.1, -0.05) is 31.5 Å². The molecule has 0 spiro atoms. The summed E-state index contributed by atoms with van der Waals surface area (Å²) in [5, 5.41) is 4.10. The van der Waals surface area contributed by atoms with Crippen LogP contribution >= 0.6 is 11.3 Å². The Balaban J connectivity index is 1.42. The van der Waals surface area contributed by atoms with Crippen LogP contribution in [0.4, 0.5) is 22.0 Å². The second-order valence-electron chi connectivity index (χ2n) is 8.82. The average molecular weight is 510 g/mol. The lowest BCUT2D eigenvalue weighted by atomic mass is 10.0. The average Bonchev–Trinajstić information content (AvgIpc) is 3.20. The van der Waals surface area contributed by atoms with Crippen molar-refractivity contribution in [3.8, 4) is 0 Å². The molecule has 1 aromatic carbocycles. The number of thiophene rings is 1. The zero-order valence-electron chi connectivity index (χ0n) is 20.2. The van der Waals surface area contributed by atoms with E-state index in [1.807, 2.05) is 0 Å². The van der Waals surface area contributed by atoms with Gasteiger partial charge in [-0.05, 0) is 43.0 Å². The van der Waals surface area contributed by atoms with Crippen LogP contribution in [0.1, 0.15) is 41.4 Å². The lowest BCUT2D eigenvalue weighted by Crippen LogP contribution is -2.49. The summed E-state index contributed by atoms with van der Waals surface area (Å²) in [6.07, 6.45) is 3.36. The van der Waals surface area contributed by atoms with Crippen LogP contribution < -0.4 is 32.3 Å². The summed E-state index contributed by atoms with van der Waals surface area (Å²) in [5.41, 5.74) is 19.1. The van der Waals surface area contributed by atoms with Gasteiger partial charge in [0, 0.05) is 24.5 Å². The molecule has 1 aliphatic heterocycles. The number of nitrogens with zero attached hydrogens (tertiary/aromatic N) is 3. The van der Waals surface area contributed by atoms with Crippen LogP contribution in [0.5, 0.6) is 0 Å². The molecule has 0 atom stereocenters. The topological polar surface area (TPSA) is 161 Å². The van der Waals surface area contributed by atoms with E-state index in [9.17, 15) is 14.4 Å². The van der Waals surface area contributed by atoms with Crippen molar-refractivity contribution in [1.82, 2.24) is 10.3 Å². The van der Waals surface area contributed by atoms with E-state index in [0.29, 0.717) is 16.3 Å². The SMILES string of the molecule is CCCc1cc(N2CCC(NCC(=O)N(C(N)=O)c3ccccc3)CC2)nc2sc(C(N)=O)c(N)c12. The molecule has 0 bridgehead atoms. The molecular weight excluding hydrogens is 478 g/mol. The molecular formula is C25H31N7O3S. The Labute approximate surface area is 213 Å². The number of para-hydroxylation sites is 1. The van der Waals surface area contributed by atoms with Crippen molar-refractivity contribution < 1.29 is 14.4 Å². The summed E-state index contributed by atoms with van der Waals surface area (Å²) < 4.78 is 0. The molecule has 0 radical (unpaired) electrons. The molecule has 7 N–H and O–H groups in total. The number of carbonyl (C=O) groups is 3. The van der Waals surface area contributed by atoms with Crippen LogP contribution in [0.15, 0.2) is 36.4 Å². The van der Waals surface area contributed by atoms with Gasteiger partial charge >= 0.3 is 6.03 Å². The highest BCUT2D eigenvalue weighted by atomic mass is 32.1. The Morgan fingerprint density at radius 2 is 1.86 bits per heavy atom. The summed E-state index contributed by atoms with van der Waals surface area (Å²) in [6.45, 7) is 3.60. The predicted octanol–water partition coefficient (Wildman–Crippen LogP) is 2.60. The van der Waals surface area contributed by atoms with Gasteiger partial charge in [0.15, 0.2) is 0 Å². The van der Waals surface area contributed by atoms with E-state index in [1.165, 1.54) is 11.3 Å². The number of aryl methyl sites for hydroxylation is 1. The molecule has 0 saturated carbocycles. The van der Waals surface area contributed by atoms with Crippen molar-refractivity contribution in [1.29, 1.82) is 0 Å². The summed E-state index contributed by atoms with van der Waals surface area (Å²) in [6, 6.07) is 10.0.